The zero-order chi connectivity index (χ0) is 23.4. The van der Waals surface area contributed by atoms with Gasteiger partial charge < -0.3 is 18.9 Å². The lowest BCUT2D eigenvalue weighted by Crippen LogP contribution is -2.38. The maximum Gasteiger partial charge on any atom is 0.312 e. The number of allylic oxidation sites excluding steroid dienone is 2. The van der Waals surface area contributed by atoms with Crippen LogP contribution in [0.5, 0.6) is 0 Å². The van der Waals surface area contributed by atoms with Crippen molar-refractivity contribution in [2.45, 2.75) is 58.8 Å². The van der Waals surface area contributed by atoms with Gasteiger partial charge in [-0.3, -0.25) is 9.59 Å². The van der Waals surface area contributed by atoms with E-state index in [1.165, 1.54) is 0 Å². The molecule has 0 N–H and O–H groups in total. The zero-order valence-electron chi connectivity index (χ0n) is 19.4. The fraction of sp³-hybridized carbons (Fsp3) is 0.750. The van der Waals surface area contributed by atoms with Crippen LogP contribution in [0.4, 0.5) is 0 Å². The molecule has 2 fully saturated rings. The van der Waals surface area contributed by atoms with Gasteiger partial charge in [-0.1, -0.05) is 28.1 Å². The number of carbonyl (C=O) groups excluding carboxylic acids is 2. The number of carbonyl (C=O) groups is 2. The molecule has 0 amide bonds. The van der Waals surface area contributed by atoms with E-state index in [0.717, 1.165) is 50.3 Å². The monoisotopic (exact) mass is 504 g/mol. The minimum Gasteiger partial charge on any atom is -0.466 e. The van der Waals surface area contributed by atoms with Crippen molar-refractivity contribution in [3.8, 4) is 0 Å². The molecule has 0 radical (unpaired) electrons. The van der Waals surface area contributed by atoms with Crippen molar-refractivity contribution in [3.63, 3.8) is 0 Å². The Morgan fingerprint density at radius 1 is 0.968 bits per heavy atom. The Bertz CT molecular complexity index is 496. The molecule has 31 heavy (non-hydrogen) atoms. The smallest absolute Gasteiger partial charge is 0.312 e. The molecule has 6 nitrogen and oxygen atoms in total. The number of alkyl halides is 1. The first-order valence-corrected chi connectivity index (χ1v) is 12.4. The molecule has 2 rings (SSSR count). The van der Waals surface area contributed by atoms with E-state index in [1.54, 1.807) is 0 Å². The molecule has 0 aromatic rings. The Morgan fingerprint density at radius 3 is 1.97 bits per heavy atom. The first-order chi connectivity index (χ1) is 15.0. The van der Waals surface area contributed by atoms with Crippen LogP contribution in [-0.2, 0) is 28.5 Å². The Hall–Kier alpha value is -1.18. The van der Waals surface area contributed by atoms with E-state index in [9.17, 15) is 9.59 Å². The molecule has 0 aromatic heterocycles. The molecule has 2 aliphatic rings. The topological polar surface area (TPSA) is 71.1 Å². The predicted octanol–water partition coefficient (Wildman–Crippen LogP) is 5.25. The van der Waals surface area contributed by atoms with Gasteiger partial charge in [-0.05, 0) is 58.8 Å². The molecular weight excluding hydrogens is 464 g/mol. The summed E-state index contributed by atoms with van der Waals surface area (Å²) >= 11 is 3.24. The SMILES string of the molecule is C=CCCBr.C=CCCC1(C(=O)OCC)CCOCC1.CCOC(=O)C1CCOCC1. The van der Waals surface area contributed by atoms with Crippen LogP contribution in [-0.4, -0.2) is 56.9 Å². The van der Waals surface area contributed by atoms with E-state index in [-0.39, 0.29) is 23.3 Å². The second-order valence-corrected chi connectivity index (χ2v) is 8.14. The van der Waals surface area contributed by atoms with Crippen LogP contribution < -0.4 is 0 Å². The molecule has 2 saturated heterocycles. The quantitative estimate of drug-likeness (QED) is 0.242. The van der Waals surface area contributed by atoms with Gasteiger partial charge in [-0.15, -0.1) is 13.2 Å². The number of hydrogen-bond donors (Lipinski definition) is 0. The highest BCUT2D eigenvalue weighted by Crippen LogP contribution is 2.36. The summed E-state index contributed by atoms with van der Waals surface area (Å²) in [5.41, 5.74) is -0.317. The fourth-order valence-electron chi connectivity index (χ4n) is 3.25. The Balaban J connectivity index is 0.000000492. The molecule has 2 aliphatic heterocycles. The van der Waals surface area contributed by atoms with Gasteiger partial charge in [-0.25, -0.2) is 0 Å². The van der Waals surface area contributed by atoms with Crippen LogP contribution >= 0.6 is 15.9 Å². The third kappa shape index (κ3) is 13.1. The van der Waals surface area contributed by atoms with E-state index in [0.29, 0.717) is 39.6 Å². The minimum absolute atomic E-state index is 0.0594. The van der Waals surface area contributed by atoms with Crippen molar-refractivity contribution in [2.24, 2.45) is 11.3 Å². The summed E-state index contributed by atoms with van der Waals surface area (Å²) in [7, 11) is 0. The summed E-state index contributed by atoms with van der Waals surface area (Å²) in [6.07, 6.45) is 9.69. The van der Waals surface area contributed by atoms with Crippen LogP contribution in [0.1, 0.15) is 58.8 Å². The highest BCUT2D eigenvalue weighted by molar-refractivity contribution is 9.09. The molecule has 0 unspecified atom stereocenters. The third-order valence-corrected chi connectivity index (χ3v) is 5.60. The fourth-order valence-corrected chi connectivity index (χ4v) is 3.58. The van der Waals surface area contributed by atoms with Gasteiger partial charge in [0.1, 0.15) is 0 Å². The van der Waals surface area contributed by atoms with E-state index < -0.39 is 0 Å². The van der Waals surface area contributed by atoms with E-state index in [1.807, 2.05) is 26.0 Å². The van der Waals surface area contributed by atoms with Crippen molar-refractivity contribution < 1.29 is 28.5 Å². The maximum absolute atomic E-state index is 11.9. The largest absolute Gasteiger partial charge is 0.466 e. The van der Waals surface area contributed by atoms with Gasteiger partial charge in [0.05, 0.1) is 24.5 Å². The van der Waals surface area contributed by atoms with Gasteiger partial charge in [0.2, 0.25) is 0 Å². The normalized spacial score (nSPS) is 17.6. The average molecular weight is 505 g/mol. The van der Waals surface area contributed by atoms with Gasteiger partial charge in [-0.2, -0.15) is 0 Å². The van der Waals surface area contributed by atoms with Crippen molar-refractivity contribution in [3.05, 3.63) is 25.3 Å². The Kier molecular flexibility index (Phi) is 18.8. The summed E-state index contributed by atoms with van der Waals surface area (Å²) in [6, 6.07) is 0. The number of esters is 2. The lowest BCUT2D eigenvalue weighted by molar-refractivity contribution is -0.162. The zero-order valence-corrected chi connectivity index (χ0v) is 21.0. The van der Waals surface area contributed by atoms with Gasteiger partial charge in [0, 0.05) is 31.8 Å². The lowest BCUT2D eigenvalue weighted by atomic mass is 9.76. The standard InChI is InChI=1S/C12H20O3.C8H14O3.C4H7Br/c1-3-5-6-12(11(13)15-4-2)7-9-14-10-8-12;1-2-11-8(9)7-3-5-10-6-4-7;1-2-3-4-5/h3H,1,4-10H2,2H3;7H,2-6H2,1H3;2H,1,3-4H2. The summed E-state index contributed by atoms with van der Waals surface area (Å²) in [5, 5.41) is 1.04. The van der Waals surface area contributed by atoms with Crippen molar-refractivity contribution in [1.29, 1.82) is 0 Å². The van der Waals surface area contributed by atoms with Gasteiger partial charge in [0.25, 0.3) is 0 Å². The van der Waals surface area contributed by atoms with Crippen LogP contribution in [0.2, 0.25) is 0 Å². The second kappa shape index (κ2) is 19.5. The number of rotatable bonds is 9. The summed E-state index contributed by atoms with van der Waals surface area (Å²) in [5.74, 6) is -0.0327. The number of ether oxygens (including phenoxy) is 4. The van der Waals surface area contributed by atoms with Crippen molar-refractivity contribution >= 4 is 27.9 Å². The average Bonchev–Trinajstić information content (AvgIpc) is 2.80. The molecule has 0 saturated carbocycles. The third-order valence-electron chi connectivity index (χ3n) is 5.14. The summed E-state index contributed by atoms with van der Waals surface area (Å²) in [6.45, 7) is 14.6. The maximum atomic E-state index is 11.9. The van der Waals surface area contributed by atoms with Gasteiger partial charge >= 0.3 is 11.9 Å². The molecule has 0 atom stereocenters. The second-order valence-electron chi connectivity index (χ2n) is 7.35. The molecule has 2 heterocycles. The van der Waals surface area contributed by atoms with Crippen LogP contribution in [0.25, 0.3) is 0 Å². The van der Waals surface area contributed by atoms with Gasteiger partial charge in [0.15, 0.2) is 0 Å². The Morgan fingerprint density at radius 2 is 1.52 bits per heavy atom. The summed E-state index contributed by atoms with van der Waals surface area (Å²) < 4.78 is 20.5. The first-order valence-electron chi connectivity index (χ1n) is 11.3. The molecule has 180 valence electrons. The summed E-state index contributed by atoms with van der Waals surface area (Å²) in [4.78, 5) is 23.0. The highest BCUT2D eigenvalue weighted by Gasteiger charge is 2.40. The van der Waals surface area contributed by atoms with Crippen LogP contribution in [0.15, 0.2) is 25.3 Å². The van der Waals surface area contributed by atoms with E-state index in [2.05, 4.69) is 29.1 Å². The minimum atomic E-state index is -0.317. The first kappa shape index (κ1) is 29.8. The molecular formula is C24H41BrO6. The molecule has 0 bridgehead atoms. The van der Waals surface area contributed by atoms with Crippen LogP contribution in [0, 0.1) is 11.3 Å². The highest BCUT2D eigenvalue weighted by atomic mass is 79.9. The predicted molar refractivity (Wildman–Crippen MR) is 127 cm³/mol. The van der Waals surface area contributed by atoms with E-state index in [4.69, 9.17) is 18.9 Å². The van der Waals surface area contributed by atoms with E-state index >= 15 is 0 Å². The molecule has 0 aromatic carbocycles. The molecule has 0 aliphatic carbocycles. The molecule has 0 spiro atoms. The number of hydrogen-bond acceptors (Lipinski definition) is 6. The van der Waals surface area contributed by atoms with Crippen molar-refractivity contribution in [2.75, 3.05) is 45.0 Å². The molecule has 7 heteroatoms. The van der Waals surface area contributed by atoms with Crippen molar-refractivity contribution in [1.82, 2.24) is 0 Å². The van der Waals surface area contributed by atoms with Crippen LogP contribution in [0.3, 0.4) is 0 Å². The lowest BCUT2D eigenvalue weighted by Gasteiger charge is -2.34. The number of halogens is 1. The Labute approximate surface area is 196 Å².